The van der Waals surface area contributed by atoms with Crippen molar-refractivity contribution in [2.45, 2.75) is 161 Å². The maximum absolute atomic E-state index is 11.6. The highest BCUT2D eigenvalue weighted by atomic mass is 16.7. The molecule has 4 heteroatoms. The first-order valence-electron chi connectivity index (χ1n) is 14.0. The number of carbonyl (C=O) groups is 2. The second-order valence-corrected chi connectivity index (χ2v) is 9.49. The fraction of sp³-hybridized carbons (Fsp3) is 0.929. The normalized spacial score (nSPS) is 11.9. The summed E-state index contributed by atoms with van der Waals surface area (Å²) >= 11 is 0. The van der Waals surface area contributed by atoms with Crippen LogP contribution in [0.15, 0.2) is 0 Å². The van der Waals surface area contributed by atoms with E-state index in [2.05, 4.69) is 6.92 Å². The van der Waals surface area contributed by atoms with Crippen LogP contribution in [-0.4, -0.2) is 25.2 Å². The first kappa shape index (κ1) is 30.9. The third kappa shape index (κ3) is 25.2. The monoisotopic (exact) mass is 454 g/mol. The molecule has 0 radical (unpaired) electrons. The van der Waals surface area contributed by atoms with Gasteiger partial charge in [-0.2, -0.15) is 0 Å². The van der Waals surface area contributed by atoms with Gasteiger partial charge in [-0.25, -0.2) is 4.79 Å². The van der Waals surface area contributed by atoms with E-state index in [1.165, 1.54) is 103 Å². The summed E-state index contributed by atoms with van der Waals surface area (Å²) in [6.07, 6.45) is 27.6. The number of aldehydes is 1. The SMILES string of the molecule is CCCCCC(C)OC(=O)OCCCCCCCCCCCCCCCCCCCC=O. The lowest BCUT2D eigenvalue weighted by molar-refractivity contribution is -0.107. The molecular formula is C28H54O4. The summed E-state index contributed by atoms with van der Waals surface area (Å²) < 4.78 is 10.4. The Balaban J connectivity index is 3.17. The highest BCUT2D eigenvalue weighted by Crippen LogP contribution is 2.14. The molecule has 0 aliphatic carbocycles. The Morgan fingerprint density at radius 2 is 1.09 bits per heavy atom. The minimum Gasteiger partial charge on any atom is -0.434 e. The number of hydrogen-bond acceptors (Lipinski definition) is 4. The molecule has 32 heavy (non-hydrogen) atoms. The van der Waals surface area contributed by atoms with Crippen LogP contribution in [-0.2, 0) is 14.3 Å². The zero-order valence-corrected chi connectivity index (χ0v) is 21.6. The van der Waals surface area contributed by atoms with Crippen LogP contribution >= 0.6 is 0 Å². The maximum atomic E-state index is 11.6. The molecule has 190 valence electrons. The van der Waals surface area contributed by atoms with Crippen molar-refractivity contribution in [1.29, 1.82) is 0 Å². The van der Waals surface area contributed by atoms with E-state index in [4.69, 9.17) is 9.47 Å². The molecule has 4 nitrogen and oxygen atoms in total. The van der Waals surface area contributed by atoms with E-state index < -0.39 is 6.16 Å². The standard InChI is InChI=1S/C28H54O4/c1-3-4-21-24-27(2)32-28(30)31-26-23-20-18-16-14-12-10-8-6-5-7-9-11-13-15-17-19-22-25-29/h25,27H,3-24,26H2,1-2H3. The zero-order chi connectivity index (χ0) is 23.5. The predicted molar refractivity (Wildman–Crippen MR) is 135 cm³/mol. The van der Waals surface area contributed by atoms with E-state index in [9.17, 15) is 9.59 Å². The molecule has 0 fully saturated rings. The summed E-state index contributed by atoms with van der Waals surface area (Å²) in [4.78, 5) is 21.9. The van der Waals surface area contributed by atoms with Crippen molar-refractivity contribution in [2.24, 2.45) is 0 Å². The van der Waals surface area contributed by atoms with Gasteiger partial charge in [0.1, 0.15) is 12.4 Å². The van der Waals surface area contributed by atoms with Crippen LogP contribution in [0.2, 0.25) is 0 Å². The Kier molecular flexibility index (Phi) is 25.3. The number of rotatable bonds is 25. The van der Waals surface area contributed by atoms with Crippen molar-refractivity contribution in [3.8, 4) is 0 Å². The Labute approximate surface area is 199 Å². The molecule has 1 atom stereocenters. The highest BCUT2D eigenvalue weighted by molar-refractivity contribution is 5.60. The number of unbranched alkanes of at least 4 members (excludes halogenated alkanes) is 19. The fourth-order valence-corrected chi connectivity index (χ4v) is 4.08. The van der Waals surface area contributed by atoms with Crippen molar-refractivity contribution in [1.82, 2.24) is 0 Å². The smallest absolute Gasteiger partial charge is 0.434 e. The second kappa shape index (κ2) is 26.2. The topological polar surface area (TPSA) is 52.6 Å². The van der Waals surface area contributed by atoms with Gasteiger partial charge in [-0.05, 0) is 32.6 Å². The number of carbonyl (C=O) groups excluding carboxylic acids is 2. The van der Waals surface area contributed by atoms with E-state index in [1.54, 1.807) is 0 Å². The summed E-state index contributed by atoms with van der Waals surface area (Å²) in [7, 11) is 0. The van der Waals surface area contributed by atoms with Crippen molar-refractivity contribution in [2.75, 3.05) is 6.61 Å². The van der Waals surface area contributed by atoms with Gasteiger partial charge in [0.15, 0.2) is 0 Å². The molecule has 0 aromatic carbocycles. The highest BCUT2D eigenvalue weighted by Gasteiger charge is 2.09. The Bertz CT molecular complexity index is 397. The molecule has 0 saturated carbocycles. The van der Waals surface area contributed by atoms with Crippen LogP contribution in [0.4, 0.5) is 4.79 Å². The average Bonchev–Trinajstić information content (AvgIpc) is 2.78. The number of ether oxygens (including phenoxy) is 2. The lowest BCUT2D eigenvalue weighted by Gasteiger charge is -2.12. The molecule has 0 rings (SSSR count). The lowest BCUT2D eigenvalue weighted by atomic mass is 10.0. The van der Waals surface area contributed by atoms with Crippen molar-refractivity contribution in [3.05, 3.63) is 0 Å². The first-order chi connectivity index (χ1) is 15.7. The zero-order valence-electron chi connectivity index (χ0n) is 21.6. The van der Waals surface area contributed by atoms with Crippen LogP contribution in [0.5, 0.6) is 0 Å². The molecule has 1 unspecified atom stereocenters. The molecule has 0 amide bonds. The summed E-state index contributed by atoms with van der Waals surface area (Å²) in [6, 6.07) is 0. The van der Waals surface area contributed by atoms with Gasteiger partial charge in [-0.15, -0.1) is 0 Å². The molecule has 0 spiro atoms. The fourth-order valence-electron chi connectivity index (χ4n) is 4.08. The number of hydrogen-bond donors (Lipinski definition) is 0. The first-order valence-corrected chi connectivity index (χ1v) is 14.0. The third-order valence-electron chi connectivity index (χ3n) is 6.20. The average molecular weight is 455 g/mol. The van der Waals surface area contributed by atoms with Gasteiger partial charge in [-0.1, -0.05) is 116 Å². The second-order valence-electron chi connectivity index (χ2n) is 9.49. The quantitative estimate of drug-likeness (QED) is 0.0783. The minimum absolute atomic E-state index is 0.0374. The third-order valence-corrected chi connectivity index (χ3v) is 6.20. The Hall–Kier alpha value is -1.06. The predicted octanol–water partition coefficient (Wildman–Crippen LogP) is 9.33. The van der Waals surface area contributed by atoms with Gasteiger partial charge >= 0.3 is 6.16 Å². The maximum Gasteiger partial charge on any atom is 0.508 e. The molecule has 0 N–H and O–H groups in total. The van der Waals surface area contributed by atoms with Crippen molar-refractivity contribution in [3.63, 3.8) is 0 Å². The molecule has 0 aliphatic heterocycles. The van der Waals surface area contributed by atoms with E-state index in [0.29, 0.717) is 6.61 Å². The van der Waals surface area contributed by atoms with E-state index >= 15 is 0 Å². The Morgan fingerprint density at radius 3 is 1.53 bits per heavy atom. The molecule has 0 aromatic heterocycles. The molecule has 0 heterocycles. The Morgan fingerprint density at radius 1 is 0.656 bits per heavy atom. The van der Waals surface area contributed by atoms with E-state index in [1.807, 2.05) is 6.92 Å². The van der Waals surface area contributed by atoms with Crippen LogP contribution in [0.3, 0.4) is 0 Å². The van der Waals surface area contributed by atoms with Crippen LogP contribution in [0, 0.1) is 0 Å². The van der Waals surface area contributed by atoms with Gasteiger partial charge in [0.2, 0.25) is 0 Å². The largest absolute Gasteiger partial charge is 0.508 e. The van der Waals surface area contributed by atoms with Gasteiger partial charge in [0, 0.05) is 6.42 Å². The summed E-state index contributed by atoms with van der Waals surface area (Å²) in [5, 5.41) is 0. The van der Waals surface area contributed by atoms with E-state index in [0.717, 1.165) is 44.8 Å². The molecule has 0 aromatic rings. The van der Waals surface area contributed by atoms with Gasteiger partial charge in [-0.3, -0.25) is 0 Å². The summed E-state index contributed by atoms with van der Waals surface area (Å²) in [5.74, 6) is 0. The molecule has 0 saturated heterocycles. The molecular weight excluding hydrogens is 400 g/mol. The molecule has 0 bridgehead atoms. The van der Waals surface area contributed by atoms with Gasteiger partial charge < -0.3 is 14.3 Å². The van der Waals surface area contributed by atoms with Gasteiger partial charge in [0.25, 0.3) is 0 Å². The van der Waals surface area contributed by atoms with E-state index in [-0.39, 0.29) is 6.10 Å². The minimum atomic E-state index is -0.500. The lowest BCUT2D eigenvalue weighted by Crippen LogP contribution is -2.16. The summed E-state index contributed by atoms with van der Waals surface area (Å²) in [6.45, 7) is 4.61. The van der Waals surface area contributed by atoms with Crippen LogP contribution in [0.25, 0.3) is 0 Å². The van der Waals surface area contributed by atoms with Gasteiger partial charge in [0.05, 0.1) is 6.61 Å². The summed E-state index contributed by atoms with van der Waals surface area (Å²) in [5.41, 5.74) is 0. The van der Waals surface area contributed by atoms with Crippen LogP contribution in [0.1, 0.15) is 155 Å². The van der Waals surface area contributed by atoms with Crippen molar-refractivity contribution < 1.29 is 19.1 Å². The van der Waals surface area contributed by atoms with Crippen molar-refractivity contribution >= 4 is 12.4 Å². The molecule has 0 aliphatic rings. The van der Waals surface area contributed by atoms with Crippen LogP contribution < -0.4 is 0 Å².